The maximum atomic E-state index is 13.6. The van der Waals surface area contributed by atoms with Crippen molar-refractivity contribution in [1.82, 2.24) is 0 Å². The molecule has 2 amide bonds. The predicted molar refractivity (Wildman–Crippen MR) is 93.2 cm³/mol. The Morgan fingerprint density at radius 3 is 2.33 bits per heavy atom. The Morgan fingerprint density at radius 1 is 1.12 bits per heavy atom. The number of amides is 2. The molecule has 124 valence electrons. The zero-order valence-corrected chi connectivity index (χ0v) is 14.4. The molecule has 6 heteroatoms. The van der Waals surface area contributed by atoms with Crippen LogP contribution >= 0.6 is 15.9 Å². The van der Waals surface area contributed by atoms with Crippen LogP contribution in [0.4, 0.5) is 10.1 Å². The lowest BCUT2D eigenvalue weighted by Crippen LogP contribution is -2.46. The van der Waals surface area contributed by atoms with E-state index in [4.69, 9.17) is 5.73 Å². The Balaban J connectivity index is 1.87. The van der Waals surface area contributed by atoms with Gasteiger partial charge in [-0.3, -0.25) is 9.59 Å². The Kier molecular flexibility index (Phi) is 4.41. The van der Waals surface area contributed by atoms with Crippen LogP contribution in [0, 0.1) is 5.82 Å². The van der Waals surface area contributed by atoms with Crippen LogP contribution < -0.4 is 11.1 Å². The third-order valence-electron chi connectivity index (χ3n) is 4.53. The molecule has 0 aliphatic heterocycles. The van der Waals surface area contributed by atoms with E-state index in [1.54, 1.807) is 0 Å². The van der Waals surface area contributed by atoms with Gasteiger partial charge in [0.25, 0.3) is 5.91 Å². The standard InChI is InChI=1S/C18H16BrFN2O2/c19-12-4-2-11(3-5-12)18(8-1-9-18)17(24)22-13-6-7-15(20)14(10-13)16(21)23/h2-7,10H,1,8-9H2,(H2,21,23)(H,22,24). The fraction of sp³-hybridized carbons (Fsp3) is 0.222. The number of primary amides is 1. The summed E-state index contributed by atoms with van der Waals surface area (Å²) in [4.78, 5) is 24.1. The fourth-order valence-corrected chi connectivity index (χ4v) is 3.25. The molecular weight excluding hydrogens is 375 g/mol. The summed E-state index contributed by atoms with van der Waals surface area (Å²) in [6.45, 7) is 0. The zero-order valence-electron chi connectivity index (χ0n) is 12.8. The van der Waals surface area contributed by atoms with E-state index < -0.39 is 17.1 Å². The average Bonchev–Trinajstić information content (AvgIpc) is 2.49. The van der Waals surface area contributed by atoms with Crippen molar-refractivity contribution >= 4 is 33.4 Å². The summed E-state index contributed by atoms with van der Waals surface area (Å²) in [6.07, 6.45) is 2.48. The molecule has 0 radical (unpaired) electrons. The van der Waals surface area contributed by atoms with Crippen molar-refractivity contribution in [2.24, 2.45) is 5.73 Å². The number of hydrogen-bond acceptors (Lipinski definition) is 2. The van der Waals surface area contributed by atoms with Crippen molar-refractivity contribution in [3.63, 3.8) is 0 Å². The summed E-state index contributed by atoms with van der Waals surface area (Å²) in [5, 5.41) is 2.80. The maximum absolute atomic E-state index is 13.6. The molecule has 4 nitrogen and oxygen atoms in total. The molecule has 3 N–H and O–H groups in total. The van der Waals surface area contributed by atoms with Gasteiger partial charge in [-0.1, -0.05) is 34.5 Å². The normalized spacial score (nSPS) is 15.4. The Bertz CT molecular complexity index is 801. The maximum Gasteiger partial charge on any atom is 0.251 e. The highest BCUT2D eigenvalue weighted by Gasteiger charge is 2.45. The SMILES string of the molecule is NC(=O)c1cc(NC(=O)C2(c3ccc(Br)cc3)CCC2)ccc1F. The molecule has 2 aromatic rings. The number of nitrogens with one attached hydrogen (secondary N) is 1. The van der Waals surface area contributed by atoms with Gasteiger partial charge in [-0.15, -0.1) is 0 Å². The quantitative estimate of drug-likeness (QED) is 0.834. The van der Waals surface area contributed by atoms with Crippen LogP contribution in [0.3, 0.4) is 0 Å². The first kappa shape index (κ1) is 16.6. The molecule has 0 bridgehead atoms. The highest BCUT2D eigenvalue weighted by molar-refractivity contribution is 9.10. The summed E-state index contributed by atoms with van der Waals surface area (Å²) in [5.74, 6) is -1.72. The van der Waals surface area contributed by atoms with Gasteiger partial charge in [-0.2, -0.15) is 0 Å². The minimum atomic E-state index is -0.866. The van der Waals surface area contributed by atoms with E-state index in [2.05, 4.69) is 21.2 Å². The summed E-state index contributed by atoms with van der Waals surface area (Å²) < 4.78 is 14.5. The molecule has 0 aromatic heterocycles. The first-order valence-corrected chi connectivity index (χ1v) is 8.38. The number of anilines is 1. The van der Waals surface area contributed by atoms with Gasteiger partial charge < -0.3 is 11.1 Å². The van der Waals surface area contributed by atoms with Crippen molar-refractivity contribution in [1.29, 1.82) is 0 Å². The van der Waals surface area contributed by atoms with Crippen LogP contribution in [-0.4, -0.2) is 11.8 Å². The van der Waals surface area contributed by atoms with Gasteiger partial charge in [0.15, 0.2) is 0 Å². The largest absolute Gasteiger partial charge is 0.366 e. The van der Waals surface area contributed by atoms with E-state index >= 15 is 0 Å². The average molecular weight is 391 g/mol. The second-order valence-electron chi connectivity index (χ2n) is 5.96. The lowest BCUT2D eigenvalue weighted by Gasteiger charge is -2.40. The molecule has 0 unspecified atom stereocenters. The van der Waals surface area contributed by atoms with Crippen molar-refractivity contribution in [3.8, 4) is 0 Å². The summed E-state index contributed by atoms with van der Waals surface area (Å²) in [5.41, 5.74) is 5.64. The Labute approximate surface area is 147 Å². The molecule has 1 fully saturated rings. The molecule has 0 spiro atoms. The molecule has 3 rings (SSSR count). The minimum Gasteiger partial charge on any atom is -0.366 e. The summed E-state index contributed by atoms with van der Waals surface area (Å²) in [6, 6.07) is 11.5. The van der Waals surface area contributed by atoms with Gasteiger partial charge in [0.2, 0.25) is 5.91 Å². The van der Waals surface area contributed by atoms with E-state index in [0.717, 1.165) is 35.4 Å². The number of rotatable bonds is 4. The topological polar surface area (TPSA) is 72.2 Å². The smallest absolute Gasteiger partial charge is 0.251 e. The number of halogens is 2. The molecule has 24 heavy (non-hydrogen) atoms. The number of carbonyl (C=O) groups is 2. The highest BCUT2D eigenvalue weighted by Crippen LogP contribution is 2.44. The molecular formula is C18H16BrFN2O2. The first-order chi connectivity index (χ1) is 11.4. The number of benzene rings is 2. The van der Waals surface area contributed by atoms with E-state index in [9.17, 15) is 14.0 Å². The third kappa shape index (κ3) is 2.94. The van der Waals surface area contributed by atoms with Gasteiger partial charge in [0, 0.05) is 10.2 Å². The van der Waals surface area contributed by atoms with Gasteiger partial charge in [0.1, 0.15) is 5.82 Å². The summed E-state index contributed by atoms with van der Waals surface area (Å²) >= 11 is 3.39. The van der Waals surface area contributed by atoms with Crippen molar-refractivity contribution < 1.29 is 14.0 Å². The van der Waals surface area contributed by atoms with Gasteiger partial charge in [-0.05, 0) is 48.7 Å². The highest BCUT2D eigenvalue weighted by atomic mass is 79.9. The zero-order chi connectivity index (χ0) is 17.3. The van der Waals surface area contributed by atoms with E-state index in [1.807, 2.05) is 24.3 Å². The fourth-order valence-electron chi connectivity index (χ4n) is 2.99. The Morgan fingerprint density at radius 2 is 1.79 bits per heavy atom. The third-order valence-corrected chi connectivity index (χ3v) is 5.06. The molecule has 1 saturated carbocycles. The van der Waals surface area contributed by atoms with Crippen LogP contribution in [0.1, 0.15) is 35.2 Å². The van der Waals surface area contributed by atoms with Crippen molar-refractivity contribution in [3.05, 3.63) is 63.9 Å². The van der Waals surface area contributed by atoms with Gasteiger partial charge in [0.05, 0.1) is 11.0 Å². The summed E-state index contributed by atoms with van der Waals surface area (Å²) in [7, 11) is 0. The van der Waals surface area contributed by atoms with Crippen molar-refractivity contribution in [2.75, 3.05) is 5.32 Å². The van der Waals surface area contributed by atoms with Crippen LogP contribution in [-0.2, 0) is 10.2 Å². The van der Waals surface area contributed by atoms with Crippen LogP contribution in [0.2, 0.25) is 0 Å². The number of hydrogen-bond donors (Lipinski definition) is 2. The lowest BCUT2D eigenvalue weighted by atomic mass is 9.64. The Hall–Kier alpha value is -2.21. The minimum absolute atomic E-state index is 0.155. The molecule has 0 heterocycles. The van der Waals surface area contributed by atoms with Crippen molar-refractivity contribution in [2.45, 2.75) is 24.7 Å². The molecule has 0 saturated heterocycles. The molecule has 1 aliphatic carbocycles. The van der Waals surface area contributed by atoms with Gasteiger partial charge >= 0.3 is 0 Å². The predicted octanol–water partition coefficient (Wildman–Crippen LogP) is 3.75. The van der Waals surface area contributed by atoms with Crippen LogP contribution in [0.15, 0.2) is 46.9 Å². The van der Waals surface area contributed by atoms with E-state index in [1.165, 1.54) is 12.1 Å². The first-order valence-electron chi connectivity index (χ1n) is 7.59. The van der Waals surface area contributed by atoms with E-state index in [0.29, 0.717) is 5.69 Å². The van der Waals surface area contributed by atoms with Crippen LogP contribution in [0.5, 0.6) is 0 Å². The second kappa shape index (κ2) is 6.36. The second-order valence-corrected chi connectivity index (χ2v) is 6.87. The molecule has 2 aromatic carbocycles. The molecule has 1 aliphatic rings. The molecule has 0 atom stereocenters. The monoisotopic (exact) mass is 390 g/mol. The van der Waals surface area contributed by atoms with Crippen LogP contribution in [0.25, 0.3) is 0 Å². The lowest BCUT2D eigenvalue weighted by molar-refractivity contribution is -0.124. The van der Waals surface area contributed by atoms with E-state index in [-0.39, 0.29) is 11.5 Å². The number of carbonyl (C=O) groups excluding carboxylic acids is 2. The number of nitrogens with two attached hydrogens (primary N) is 1. The van der Waals surface area contributed by atoms with Gasteiger partial charge in [-0.25, -0.2) is 4.39 Å².